The van der Waals surface area contributed by atoms with Crippen molar-refractivity contribution < 1.29 is 14.5 Å². The van der Waals surface area contributed by atoms with Gasteiger partial charge in [0.15, 0.2) is 6.10 Å². The van der Waals surface area contributed by atoms with Crippen LogP contribution in [-0.4, -0.2) is 28.6 Å². The van der Waals surface area contributed by atoms with Crippen molar-refractivity contribution >= 4 is 5.71 Å². The molecule has 68 valence electrons. The number of ether oxygens (including phenoxy) is 1. The molecule has 1 rings (SSSR count). The number of rotatable bonds is 2. The predicted octanol–water partition coefficient (Wildman–Crippen LogP) is 0.403. The van der Waals surface area contributed by atoms with Gasteiger partial charge in [0.05, 0.1) is 4.92 Å². The fourth-order valence-corrected chi connectivity index (χ4v) is 0.965. The molecule has 0 bridgehead atoms. The van der Waals surface area contributed by atoms with Gasteiger partial charge in [-0.1, -0.05) is 0 Å². The third kappa shape index (κ3) is 1.87. The van der Waals surface area contributed by atoms with E-state index in [2.05, 4.69) is 4.79 Å². The molecule has 0 fully saturated rings. The van der Waals surface area contributed by atoms with E-state index in [9.17, 15) is 10.1 Å². The molecule has 1 aliphatic rings. The Morgan fingerprint density at radius 3 is 2.92 bits per heavy atom. The first-order chi connectivity index (χ1) is 6.19. The molecule has 0 amide bonds. The average Bonchev–Trinajstić information content (AvgIpc) is 2.16. The molecule has 0 radical (unpaired) electrons. The molecule has 0 aromatic carbocycles. The van der Waals surface area contributed by atoms with E-state index in [0.29, 0.717) is 0 Å². The molecule has 13 heavy (non-hydrogen) atoms. The summed E-state index contributed by atoms with van der Waals surface area (Å²) in [6.45, 7) is 0. The molecule has 1 aliphatic carbocycles. The van der Waals surface area contributed by atoms with E-state index in [0.717, 1.165) is 6.08 Å². The van der Waals surface area contributed by atoms with Crippen molar-refractivity contribution in [2.24, 2.45) is 0 Å². The van der Waals surface area contributed by atoms with Gasteiger partial charge in [0.25, 0.3) is 5.70 Å². The van der Waals surface area contributed by atoms with Crippen molar-refractivity contribution in [1.29, 1.82) is 0 Å². The molecule has 0 aromatic rings. The Hall–Kier alpha value is -1.78. The van der Waals surface area contributed by atoms with Crippen LogP contribution in [0.15, 0.2) is 23.9 Å². The first-order valence-corrected chi connectivity index (χ1v) is 3.48. The Labute approximate surface area is 73.9 Å². The summed E-state index contributed by atoms with van der Waals surface area (Å²) in [5.41, 5.74) is 8.50. The molecule has 0 N–H and O–H groups in total. The molecule has 0 spiro atoms. The van der Waals surface area contributed by atoms with Crippen LogP contribution in [-0.2, 0) is 4.74 Å². The van der Waals surface area contributed by atoms with Crippen molar-refractivity contribution in [2.45, 2.75) is 6.10 Å². The lowest BCUT2D eigenvalue weighted by molar-refractivity contribution is -0.419. The van der Waals surface area contributed by atoms with Crippen LogP contribution >= 0.6 is 0 Å². The number of allylic oxidation sites excluding steroid dienone is 1. The Morgan fingerprint density at radius 2 is 2.46 bits per heavy atom. The van der Waals surface area contributed by atoms with Crippen LogP contribution in [0.4, 0.5) is 0 Å². The Bertz CT molecular complexity index is 339. The third-order valence-electron chi connectivity index (χ3n) is 1.61. The second-order valence-corrected chi connectivity index (χ2v) is 2.37. The van der Waals surface area contributed by atoms with Gasteiger partial charge in [-0.25, -0.2) is 0 Å². The summed E-state index contributed by atoms with van der Waals surface area (Å²) in [5.74, 6) is 0. The van der Waals surface area contributed by atoms with Gasteiger partial charge in [0.2, 0.25) is 0 Å². The van der Waals surface area contributed by atoms with Gasteiger partial charge < -0.3 is 10.3 Å². The second kappa shape index (κ2) is 3.75. The van der Waals surface area contributed by atoms with E-state index >= 15 is 0 Å². The Kier molecular flexibility index (Phi) is 2.69. The highest BCUT2D eigenvalue weighted by Crippen LogP contribution is 2.09. The molecule has 0 aromatic heterocycles. The van der Waals surface area contributed by atoms with E-state index in [1.165, 1.54) is 19.3 Å². The maximum atomic E-state index is 10.3. The van der Waals surface area contributed by atoms with Crippen LogP contribution in [0.1, 0.15) is 0 Å². The summed E-state index contributed by atoms with van der Waals surface area (Å²) in [6, 6.07) is 0. The molecule has 0 saturated carbocycles. The lowest BCUT2D eigenvalue weighted by Gasteiger charge is -2.05. The lowest BCUT2D eigenvalue weighted by Crippen LogP contribution is -2.23. The molecule has 0 heterocycles. The minimum atomic E-state index is -0.562. The van der Waals surface area contributed by atoms with Crippen molar-refractivity contribution in [3.8, 4) is 0 Å². The van der Waals surface area contributed by atoms with Gasteiger partial charge in [-0.3, -0.25) is 10.1 Å². The minimum Gasteiger partial charge on any atom is -0.365 e. The molecule has 0 aliphatic heterocycles. The van der Waals surface area contributed by atoms with Crippen LogP contribution < -0.4 is 0 Å². The standard InChI is InChI=1S/C7H7N3O3/c1-13-7-3-2-5(10(11)12)4-6(7)9-8/h2-4,7H,1H3. The quantitative estimate of drug-likeness (QED) is 0.267. The van der Waals surface area contributed by atoms with Gasteiger partial charge in [-0.15, -0.1) is 0 Å². The molecule has 6 heteroatoms. The largest absolute Gasteiger partial charge is 0.365 e. The SMILES string of the molecule is COC1C=CC([N+](=O)[O-])=CC1=[N+]=[N-]. The second-order valence-electron chi connectivity index (χ2n) is 2.37. The van der Waals surface area contributed by atoms with E-state index in [4.69, 9.17) is 10.3 Å². The van der Waals surface area contributed by atoms with E-state index in [1.54, 1.807) is 0 Å². The van der Waals surface area contributed by atoms with E-state index in [1.807, 2.05) is 0 Å². The van der Waals surface area contributed by atoms with Gasteiger partial charge in [0, 0.05) is 13.2 Å². The van der Waals surface area contributed by atoms with Crippen LogP contribution in [0.5, 0.6) is 0 Å². The molecular weight excluding hydrogens is 174 g/mol. The minimum absolute atomic E-state index is 0.122. The lowest BCUT2D eigenvalue weighted by atomic mass is 10.1. The molecule has 0 saturated heterocycles. The number of nitro groups is 1. The summed E-state index contributed by atoms with van der Waals surface area (Å²) in [5, 5.41) is 10.3. The van der Waals surface area contributed by atoms with Gasteiger partial charge in [-0.2, -0.15) is 4.79 Å². The monoisotopic (exact) mass is 181 g/mol. The van der Waals surface area contributed by atoms with Crippen LogP contribution in [0, 0.1) is 10.1 Å². The van der Waals surface area contributed by atoms with Crippen molar-refractivity contribution in [3.05, 3.63) is 39.6 Å². The van der Waals surface area contributed by atoms with Crippen LogP contribution in [0.2, 0.25) is 0 Å². The molecule has 1 atom stereocenters. The summed E-state index contributed by atoms with van der Waals surface area (Å²) in [7, 11) is 1.42. The summed E-state index contributed by atoms with van der Waals surface area (Å²) in [4.78, 5) is 12.6. The normalized spacial score (nSPS) is 20.8. The smallest absolute Gasteiger partial charge is 0.331 e. The van der Waals surface area contributed by atoms with Gasteiger partial charge in [0.1, 0.15) is 6.08 Å². The molecule has 1 unspecified atom stereocenters. The zero-order valence-electron chi connectivity index (χ0n) is 6.88. The third-order valence-corrected chi connectivity index (χ3v) is 1.61. The summed E-state index contributed by atoms with van der Waals surface area (Å²) >= 11 is 0. The van der Waals surface area contributed by atoms with Crippen LogP contribution in [0.3, 0.4) is 0 Å². The van der Waals surface area contributed by atoms with Gasteiger partial charge >= 0.3 is 5.71 Å². The summed E-state index contributed by atoms with van der Waals surface area (Å²) in [6.07, 6.45) is 3.40. The van der Waals surface area contributed by atoms with Gasteiger partial charge in [-0.05, 0) is 6.08 Å². The Morgan fingerprint density at radius 1 is 1.77 bits per heavy atom. The fraction of sp³-hybridized carbons (Fsp3) is 0.286. The first-order valence-electron chi connectivity index (χ1n) is 3.48. The number of hydrogen-bond acceptors (Lipinski definition) is 3. The zero-order valence-corrected chi connectivity index (χ0v) is 6.88. The van der Waals surface area contributed by atoms with Crippen molar-refractivity contribution in [3.63, 3.8) is 0 Å². The predicted molar refractivity (Wildman–Crippen MR) is 43.6 cm³/mol. The van der Waals surface area contributed by atoms with Crippen LogP contribution in [0.25, 0.3) is 5.53 Å². The highest BCUT2D eigenvalue weighted by Gasteiger charge is 2.26. The fourth-order valence-electron chi connectivity index (χ4n) is 0.965. The topological polar surface area (TPSA) is 88.8 Å². The van der Waals surface area contributed by atoms with Crippen molar-refractivity contribution in [2.75, 3.05) is 7.11 Å². The highest BCUT2D eigenvalue weighted by atomic mass is 16.6. The van der Waals surface area contributed by atoms with Crippen molar-refractivity contribution in [1.82, 2.24) is 0 Å². The molecule has 6 nitrogen and oxygen atoms in total. The number of nitrogens with zero attached hydrogens (tertiary/aromatic N) is 3. The Balaban J connectivity index is 3.00. The number of methoxy groups -OCH3 is 1. The maximum Gasteiger partial charge on any atom is 0.331 e. The first kappa shape index (κ1) is 9.31. The highest BCUT2D eigenvalue weighted by molar-refractivity contribution is 5.97. The average molecular weight is 181 g/mol. The molecular formula is C7H7N3O3. The van der Waals surface area contributed by atoms with E-state index in [-0.39, 0.29) is 11.4 Å². The van der Waals surface area contributed by atoms with E-state index < -0.39 is 11.0 Å². The zero-order chi connectivity index (χ0) is 9.84. The maximum absolute atomic E-state index is 10.3. The summed E-state index contributed by atoms with van der Waals surface area (Å²) < 4.78 is 4.88. The number of hydrogen-bond donors (Lipinski definition) is 0.